The molecule has 0 bridgehead atoms. The minimum Gasteiger partial charge on any atom is -0.318 e. The molecule has 0 saturated heterocycles. The molecule has 0 saturated carbocycles. The van der Waals surface area contributed by atoms with Gasteiger partial charge in [0, 0.05) is 12.7 Å². The summed E-state index contributed by atoms with van der Waals surface area (Å²) in [6, 6.07) is 3.26. The first-order valence-electron chi connectivity index (χ1n) is 6.08. The van der Waals surface area contributed by atoms with Crippen molar-refractivity contribution in [1.29, 1.82) is 0 Å². The second kappa shape index (κ2) is 6.19. The van der Waals surface area contributed by atoms with Gasteiger partial charge in [0.25, 0.3) is 10.0 Å². The molecular weight excluding hydrogens is 302 g/mol. The summed E-state index contributed by atoms with van der Waals surface area (Å²) in [6.45, 7) is 1.10. The van der Waals surface area contributed by atoms with E-state index in [0.29, 0.717) is 13.1 Å². The van der Waals surface area contributed by atoms with Crippen molar-refractivity contribution < 1.29 is 17.2 Å². The Bertz CT molecular complexity index is 731. The molecule has 0 radical (unpaired) electrons. The lowest BCUT2D eigenvalue weighted by Crippen LogP contribution is -2.16. The van der Waals surface area contributed by atoms with Crippen LogP contribution in [-0.4, -0.2) is 31.8 Å². The standard InChI is InChI=1S/C12H14F2N4O2S/c1-15-5-6-18-8-9(7-16-18)21(19,20)17-11-4-2-3-10(13)12(11)14/h2-4,7-8,15,17H,5-6H2,1H3. The average Bonchev–Trinajstić information content (AvgIpc) is 2.91. The van der Waals surface area contributed by atoms with Gasteiger partial charge in [-0.1, -0.05) is 6.07 Å². The molecule has 0 spiro atoms. The van der Waals surface area contributed by atoms with Crippen molar-refractivity contribution >= 4 is 15.7 Å². The van der Waals surface area contributed by atoms with Crippen LogP contribution in [0.4, 0.5) is 14.5 Å². The average molecular weight is 316 g/mol. The van der Waals surface area contributed by atoms with Crippen LogP contribution in [0.3, 0.4) is 0 Å². The third-order valence-corrected chi connectivity index (χ3v) is 4.03. The highest BCUT2D eigenvalue weighted by atomic mass is 32.2. The van der Waals surface area contributed by atoms with Gasteiger partial charge in [-0.05, 0) is 19.2 Å². The summed E-state index contributed by atoms with van der Waals surface area (Å²) in [7, 11) is -2.26. The predicted molar refractivity (Wildman–Crippen MR) is 73.3 cm³/mol. The Labute approximate surface area is 120 Å². The molecule has 2 N–H and O–H groups in total. The van der Waals surface area contributed by atoms with Crippen molar-refractivity contribution in [1.82, 2.24) is 15.1 Å². The second-order valence-electron chi connectivity index (χ2n) is 4.25. The molecule has 114 valence electrons. The number of nitrogens with one attached hydrogen (secondary N) is 2. The Morgan fingerprint density at radius 3 is 2.81 bits per heavy atom. The monoisotopic (exact) mass is 316 g/mol. The zero-order chi connectivity index (χ0) is 15.5. The number of aromatic nitrogens is 2. The van der Waals surface area contributed by atoms with E-state index in [-0.39, 0.29) is 4.90 Å². The molecule has 1 aromatic heterocycles. The van der Waals surface area contributed by atoms with Crippen LogP contribution in [0.25, 0.3) is 0 Å². The summed E-state index contributed by atoms with van der Waals surface area (Å²) in [5.74, 6) is -2.37. The number of nitrogens with zero attached hydrogens (tertiary/aromatic N) is 2. The number of rotatable bonds is 6. The summed E-state index contributed by atoms with van der Waals surface area (Å²) >= 11 is 0. The lowest BCUT2D eigenvalue weighted by atomic mass is 10.3. The van der Waals surface area contributed by atoms with Gasteiger partial charge in [-0.2, -0.15) is 5.10 Å². The van der Waals surface area contributed by atoms with E-state index in [2.05, 4.69) is 10.4 Å². The maximum Gasteiger partial charge on any atom is 0.265 e. The normalized spacial score (nSPS) is 11.6. The topological polar surface area (TPSA) is 76.0 Å². The van der Waals surface area contributed by atoms with Gasteiger partial charge in [0.1, 0.15) is 4.90 Å². The van der Waals surface area contributed by atoms with E-state index in [1.165, 1.54) is 16.9 Å². The Balaban J connectivity index is 2.22. The van der Waals surface area contributed by atoms with Crippen LogP contribution >= 0.6 is 0 Å². The summed E-state index contributed by atoms with van der Waals surface area (Å²) in [6.07, 6.45) is 2.46. The van der Waals surface area contributed by atoms with E-state index in [1.54, 1.807) is 7.05 Å². The van der Waals surface area contributed by atoms with Gasteiger partial charge in [-0.15, -0.1) is 0 Å². The number of anilines is 1. The molecule has 0 unspecified atom stereocenters. The van der Waals surface area contributed by atoms with E-state index in [4.69, 9.17) is 0 Å². The second-order valence-corrected chi connectivity index (χ2v) is 5.93. The number of hydrogen-bond donors (Lipinski definition) is 2. The van der Waals surface area contributed by atoms with Gasteiger partial charge in [0.05, 0.1) is 18.4 Å². The van der Waals surface area contributed by atoms with Crippen molar-refractivity contribution in [2.24, 2.45) is 0 Å². The minimum absolute atomic E-state index is 0.123. The Kier molecular flexibility index (Phi) is 4.53. The van der Waals surface area contributed by atoms with Gasteiger partial charge >= 0.3 is 0 Å². The third-order valence-electron chi connectivity index (χ3n) is 2.71. The first kappa shape index (κ1) is 15.4. The fourth-order valence-electron chi connectivity index (χ4n) is 1.62. The molecule has 0 atom stereocenters. The maximum absolute atomic E-state index is 13.5. The number of hydrogen-bond acceptors (Lipinski definition) is 4. The van der Waals surface area contributed by atoms with Crippen LogP contribution in [0, 0.1) is 11.6 Å². The first-order valence-corrected chi connectivity index (χ1v) is 7.56. The molecule has 0 aliphatic carbocycles. The van der Waals surface area contributed by atoms with E-state index >= 15 is 0 Å². The largest absolute Gasteiger partial charge is 0.318 e. The van der Waals surface area contributed by atoms with E-state index in [1.807, 2.05) is 4.72 Å². The van der Waals surface area contributed by atoms with Gasteiger partial charge in [-0.25, -0.2) is 17.2 Å². The van der Waals surface area contributed by atoms with Crippen LogP contribution in [0.15, 0.2) is 35.5 Å². The lowest BCUT2D eigenvalue weighted by Gasteiger charge is -2.07. The molecule has 1 aromatic carbocycles. The van der Waals surface area contributed by atoms with Crippen LogP contribution in [0.5, 0.6) is 0 Å². The summed E-state index contributed by atoms with van der Waals surface area (Å²) in [5, 5.41) is 6.79. The molecule has 0 amide bonds. The molecule has 0 aliphatic rings. The fourth-order valence-corrected chi connectivity index (χ4v) is 2.63. The van der Waals surface area contributed by atoms with Crippen LogP contribution in [0.1, 0.15) is 0 Å². The summed E-state index contributed by atoms with van der Waals surface area (Å²) in [4.78, 5) is -0.123. The zero-order valence-electron chi connectivity index (χ0n) is 11.2. The van der Waals surface area contributed by atoms with E-state index in [9.17, 15) is 17.2 Å². The number of halogens is 2. The van der Waals surface area contributed by atoms with Crippen molar-refractivity contribution in [2.75, 3.05) is 18.3 Å². The summed E-state index contributed by atoms with van der Waals surface area (Å²) in [5.41, 5.74) is -0.446. The highest BCUT2D eigenvalue weighted by Gasteiger charge is 2.19. The first-order chi connectivity index (χ1) is 9.94. The molecule has 1 heterocycles. The Morgan fingerprint density at radius 2 is 2.10 bits per heavy atom. The van der Waals surface area contributed by atoms with Crippen molar-refractivity contribution in [3.05, 3.63) is 42.2 Å². The maximum atomic E-state index is 13.5. The molecule has 21 heavy (non-hydrogen) atoms. The molecule has 2 aromatic rings. The van der Waals surface area contributed by atoms with Crippen molar-refractivity contribution in [3.8, 4) is 0 Å². The number of sulfonamides is 1. The molecule has 6 nitrogen and oxygen atoms in total. The molecule has 0 fully saturated rings. The summed E-state index contributed by atoms with van der Waals surface area (Å²) < 4.78 is 54.2. The molecule has 9 heteroatoms. The highest BCUT2D eigenvalue weighted by molar-refractivity contribution is 7.92. The Hall–Kier alpha value is -2.00. The van der Waals surface area contributed by atoms with Crippen LogP contribution in [-0.2, 0) is 16.6 Å². The Morgan fingerprint density at radius 1 is 1.33 bits per heavy atom. The SMILES string of the molecule is CNCCn1cc(S(=O)(=O)Nc2cccc(F)c2F)cn1. The van der Waals surface area contributed by atoms with Gasteiger partial charge < -0.3 is 5.32 Å². The fraction of sp³-hybridized carbons (Fsp3) is 0.250. The lowest BCUT2D eigenvalue weighted by molar-refractivity contribution is 0.511. The third kappa shape index (κ3) is 3.56. The van der Waals surface area contributed by atoms with Gasteiger partial charge in [0.2, 0.25) is 0 Å². The van der Waals surface area contributed by atoms with Crippen LogP contribution in [0.2, 0.25) is 0 Å². The molecular formula is C12H14F2N4O2S. The van der Waals surface area contributed by atoms with Crippen molar-refractivity contribution in [2.45, 2.75) is 11.4 Å². The smallest absolute Gasteiger partial charge is 0.265 e. The molecule has 0 aliphatic heterocycles. The highest BCUT2D eigenvalue weighted by Crippen LogP contribution is 2.20. The zero-order valence-corrected chi connectivity index (χ0v) is 12.0. The number of benzene rings is 1. The number of likely N-dealkylation sites (N-methyl/N-ethyl adjacent to an activating group) is 1. The van der Waals surface area contributed by atoms with Gasteiger partial charge in [0.15, 0.2) is 11.6 Å². The minimum atomic E-state index is -4.02. The predicted octanol–water partition coefficient (Wildman–Crippen LogP) is 1.18. The van der Waals surface area contributed by atoms with Gasteiger partial charge in [-0.3, -0.25) is 9.40 Å². The van der Waals surface area contributed by atoms with E-state index in [0.717, 1.165) is 18.3 Å². The quantitative estimate of drug-likeness (QED) is 0.839. The van der Waals surface area contributed by atoms with E-state index < -0.39 is 27.3 Å². The van der Waals surface area contributed by atoms with Crippen LogP contribution < -0.4 is 10.0 Å². The molecule has 2 rings (SSSR count). The van der Waals surface area contributed by atoms with Crippen molar-refractivity contribution in [3.63, 3.8) is 0 Å².